The number of aryl methyl sites for hydroxylation is 1. The number of ether oxygens (including phenoxy) is 1. The largest absolute Gasteiger partial charge is 0.504 e. The molecular weight excluding hydrogens is 512 g/mol. The van der Waals surface area contributed by atoms with Gasteiger partial charge in [-0.1, -0.05) is 32.1 Å². The van der Waals surface area contributed by atoms with Crippen LogP contribution in [0.25, 0.3) is 16.6 Å². The summed E-state index contributed by atoms with van der Waals surface area (Å²) in [5.74, 6) is -1.37. The molecule has 0 amide bonds. The van der Waals surface area contributed by atoms with Crippen LogP contribution < -0.4 is 15.4 Å². The molecule has 0 atom stereocenters. The fourth-order valence-electron chi connectivity index (χ4n) is 3.95. The average molecular weight is 545 g/mol. The smallest absolute Gasteiger partial charge is 0.448 e. The maximum atomic E-state index is 14.4. The van der Waals surface area contributed by atoms with Gasteiger partial charge in [0.2, 0.25) is 0 Å². The van der Waals surface area contributed by atoms with Gasteiger partial charge in [-0.3, -0.25) is 4.98 Å². The molecular formula is C29H32F4N4O2. The van der Waals surface area contributed by atoms with Crippen molar-refractivity contribution >= 4 is 16.6 Å². The fourth-order valence-corrected chi connectivity index (χ4v) is 3.95. The number of pyridine rings is 2. The summed E-state index contributed by atoms with van der Waals surface area (Å²) >= 11 is 0. The first-order valence-corrected chi connectivity index (χ1v) is 12.3. The van der Waals surface area contributed by atoms with Gasteiger partial charge in [-0.05, 0) is 55.8 Å². The highest BCUT2D eigenvalue weighted by molar-refractivity contribution is 5.94. The molecule has 0 aliphatic heterocycles. The van der Waals surface area contributed by atoms with E-state index in [-0.39, 0.29) is 13.2 Å². The number of nitrogens with zero attached hydrogens (tertiary/aromatic N) is 2. The first-order chi connectivity index (χ1) is 18.4. The molecule has 3 N–H and O–H groups in total. The SMILES string of the molecule is CN/C(=C\C(C)C)c1cc(C)nc2c(OCc3c(CN/C=C\C=C(/O)C(F)(F)F)ncc(F)c3C)cccc12. The van der Waals surface area contributed by atoms with Crippen molar-refractivity contribution in [3.05, 3.63) is 94.5 Å². The van der Waals surface area contributed by atoms with Crippen LogP contribution in [0.15, 0.2) is 60.6 Å². The van der Waals surface area contributed by atoms with Crippen LogP contribution in [0.5, 0.6) is 5.75 Å². The molecule has 2 aromatic heterocycles. The molecule has 0 radical (unpaired) electrons. The Labute approximate surface area is 225 Å². The van der Waals surface area contributed by atoms with E-state index in [1.54, 1.807) is 13.0 Å². The normalized spacial score (nSPS) is 13.0. The lowest BCUT2D eigenvalue weighted by molar-refractivity contribution is -0.120. The van der Waals surface area contributed by atoms with Crippen molar-refractivity contribution in [2.45, 2.75) is 47.0 Å². The standard InChI is InChI=1S/C29H32F4N4O2/c1-17(2)12-24(34-5)21-13-18(3)37-28-20(21)8-6-9-26(28)39-16-22-19(4)23(30)14-36-25(22)15-35-11-7-10-27(38)29(31,32)33/h6-14,17,34-35,38H,15-16H2,1-5H3/b11-7-,24-12-,27-10-. The minimum absolute atomic E-state index is 0.00310. The van der Waals surface area contributed by atoms with E-state index in [0.717, 1.165) is 34.6 Å². The predicted molar refractivity (Wildman–Crippen MR) is 144 cm³/mol. The molecule has 0 saturated carbocycles. The van der Waals surface area contributed by atoms with Crippen molar-refractivity contribution < 1.29 is 27.4 Å². The number of nitrogens with one attached hydrogen (secondary N) is 2. The van der Waals surface area contributed by atoms with Crippen LogP contribution in [0.1, 0.15) is 41.9 Å². The summed E-state index contributed by atoms with van der Waals surface area (Å²) in [6, 6.07) is 7.65. The third-order valence-electron chi connectivity index (χ3n) is 5.88. The average Bonchev–Trinajstić information content (AvgIpc) is 2.87. The molecule has 0 aliphatic carbocycles. The molecule has 2 heterocycles. The fraction of sp³-hybridized carbons (Fsp3) is 0.310. The predicted octanol–water partition coefficient (Wildman–Crippen LogP) is 6.79. The Hall–Kier alpha value is -4.08. The van der Waals surface area contributed by atoms with Crippen LogP contribution in [0.3, 0.4) is 0 Å². The number of allylic oxidation sites excluding steroid dienone is 4. The Kier molecular flexibility index (Phi) is 9.56. The summed E-state index contributed by atoms with van der Waals surface area (Å²) in [7, 11) is 1.87. The monoisotopic (exact) mass is 544 g/mol. The van der Waals surface area contributed by atoms with Crippen molar-refractivity contribution in [3.8, 4) is 5.75 Å². The van der Waals surface area contributed by atoms with Gasteiger partial charge in [0.1, 0.15) is 23.7 Å². The van der Waals surface area contributed by atoms with Gasteiger partial charge in [-0.15, -0.1) is 0 Å². The van der Waals surface area contributed by atoms with Crippen molar-refractivity contribution in [2.75, 3.05) is 7.05 Å². The molecule has 0 unspecified atom stereocenters. The first-order valence-electron chi connectivity index (χ1n) is 12.3. The second-order valence-corrected chi connectivity index (χ2v) is 9.27. The van der Waals surface area contributed by atoms with Gasteiger partial charge in [0, 0.05) is 35.0 Å². The highest BCUT2D eigenvalue weighted by Crippen LogP contribution is 2.31. The van der Waals surface area contributed by atoms with E-state index in [0.29, 0.717) is 40.1 Å². The third-order valence-corrected chi connectivity index (χ3v) is 5.88. The Balaban J connectivity index is 1.89. The number of hydrogen-bond donors (Lipinski definition) is 3. The molecule has 3 rings (SSSR count). The number of fused-ring (bicyclic) bond motifs is 1. The number of aromatic nitrogens is 2. The Morgan fingerprint density at radius 1 is 1.21 bits per heavy atom. The Bertz CT molecular complexity index is 1410. The summed E-state index contributed by atoms with van der Waals surface area (Å²) in [5, 5.41) is 15.9. The van der Waals surface area contributed by atoms with Crippen LogP contribution in [0.4, 0.5) is 17.6 Å². The van der Waals surface area contributed by atoms with Gasteiger partial charge >= 0.3 is 6.18 Å². The lowest BCUT2D eigenvalue weighted by Crippen LogP contribution is -2.13. The molecule has 208 valence electrons. The number of rotatable bonds is 10. The molecule has 0 fully saturated rings. The minimum atomic E-state index is -4.82. The van der Waals surface area contributed by atoms with Crippen LogP contribution in [0, 0.1) is 25.6 Å². The molecule has 1 aromatic carbocycles. The maximum Gasteiger partial charge on any atom is 0.448 e. The topological polar surface area (TPSA) is 79.3 Å². The summed E-state index contributed by atoms with van der Waals surface area (Å²) in [5.41, 5.74) is 4.76. The number of benzene rings is 1. The van der Waals surface area contributed by atoms with E-state index in [2.05, 4.69) is 35.5 Å². The van der Waals surface area contributed by atoms with Crippen molar-refractivity contribution in [3.63, 3.8) is 0 Å². The van der Waals surface area contributed by atoms with Crippen molar-refractivity contribution in [1.82, 2.24) is 20.6 Å². The highest BCUT2D eigenvalue weighted by Gasteiger charge is 2.33. The van der Waals surface area contributed by atoms with Gasteiger partial charge in [0.15, 0.2) is 5.76 Å². The molecule has 10 heteroatoms. The molecule has 0 saturated heterocycles. The third kappa shape index (κ3) is 7.49. The molecule has 0 spiro atoms. The molecule has 0 aliphatic rings. The summed E-state index contributed by atoms with van der Waals surface area (Å²) in [6.45, 7) is 7.81. The Morgan fingerprint density at radius 3 is 2.62 bits per heavy atom. The number of aliphatic hydroxyl groups excluding tert-OH is 1. The van der Waals surface area contributed by atoms with E-state index in [1.807, 2.05) is 32.2 Å². The molecule has 39 heavy (non-hydrogen) atoms. The molecule has 3 aromatic rings. The zero-order valence-electron chi connectivity index (χ0n) is 22.4. The minimum Gasteiger partial charge on any atom is -0.504 e. The van der Waals surface area contributed by atoms with Crippen LogP contribution in [-0.4, -0.2) is 28.3 Å². The Morgan fingerprint density at radius 2 is 1.95 bits per heavy atom. The van der Waals surface area contributed by atoms with Gasteiger partial charge in [0.05, 0.1) is 18.4 Å². The van der Waals surface area contributed by atoms with Gasteiger partial charge in [-0.2, -0.15) is 13.2 Å². The molecule has 6 nitrogen and oxygen atoms in total. The molecule has 0 bridgehead atoms. The van der Waals surface area contributed by atoms with Crippen LogP contribution in [0.2, 0.25) is 0 Å². The number of alkyl halides is 3. The van der Waals surface area contributed by atoms with Crippen LogP contribution >= 0.6 is 0 Å². The highest BCUT2D eigenvalue weighted by atomic mass is 19.4. The van der Waals surface area contributed by atoms with E-state index in [9.17, 15) is 17.6 Å². The number of para-hydroxylation sites is 1. The summed E-state index contributed by atoms with van der Waals surface area (Å²) in [4.78, 5) is 8.86. The van der Waals surface area contributed by atoms with E-state index < -0.39 is 17.8 Å². The lowest BCUT2D eigenvalue weighted by Gasteiger charge is -2.17. The lowest BCUT2D eigenvalue weighted by atomic mass is 10.0. The van der Waals surface area contributed by atoms with E-state index >= 15 is 0 Å². The number of aliphatic hydroxyl groups is 1. The first kappa shape index (κ1) is 29.5. The van der Waals surface area contributed by atoms with E-state index in [4.69, 9.17) is 14.8 Å². The summed E-state index contributed by atoms with van der Waals surface area (Å²) < 4.78 is 57.7. The van der Waals surface area contributed by atoms with Crippen molar-refractivity contribution in [2.24, 2.45) is 5.92 Å². The van der Waals surface area contributed by atoms with Crippen LogP contribution in [-0.2, 0) is 13.2 Å². The van der Waals surface area contributed by atoms with E-state index in [1.165, 1.54) is 6.20 Å². The number of hydrogen-bond acceptors (Lipinski definition) is 6. The maximum absolute atomic E-state index is 14.4. The van der Waals surface area contributed by atoms with Crippen molar-refractivity contribution in [1.29, 1.82) is 0 Å². The zero-order valence-corrected chi connectivity index (χ0v) is 22.4. The zero-order chi connectivity index (χ0) is 28.7. The van der Waals surface area contributed by atoms with Gasteiger partial charge in [0.25, 0.3) is 0 Å². The second-order valence-electron chi connectivity index (χ2n) is 9.27. The summed E-state index contributed by atoms with van der Waals surface area (Å²) in [6.07, 6.45) is 1.18. The van der Waals surface area contributed by atoms with Gasteiger partial charge in [-0.25, -0.2) is 9.37 Å². The quantitative estimate of drug-likeness (QED) is 0.148. The van der Waals surface area contributed by atoms with Gasteiger partial charge < -0.3 is 20.5 Å². The second kappa shape index (κ2) is 12.6. The number of halogens is 4.